The van der Waals surface area contributed by atoms with Crippen LogP contribution in [0.4, 0.5) is 5.69 Å². The number of hydrogen-bond donors (Lipinski definition) is 1. The Morgan fingerprint density at radius 3 is 2.80 bits per heavy atom. The van der Waals surface area contributed by atoms with Crippen LogP contribution in [0.25, 0.3) is 0 Å². The molecule has 2 rings (SSSR count). The molecule has 0 aromatic carbocycles. The second kappa shape index (κ2) is 7.24. The molecule has 0 saturated carbocycles. The SMILES string of the molecule is CN(C)CCCNc1cncc(C(=O)N2CCCC2)c1. The second-order valence-electron chi connectivity index (χ2n) is 5.55. The van der Waals surface area contributed by atoms with Crippen molar-refractivity contribution in [3.05, 3.63) is 24.0 Å². The summed E-state index contributed by atoms with van der Waals surface area (Å²) in [5, 5.41) is 3.33. The molecular weight excluding hydrogens is 252 g/mol. The van der Waals surface area contributed by atoms with Gasteiger partial charge in [0.2, 0.25) is 0 Å². The molecule has 0 atom stereocenters. The van der Waals surface area contributed by atoms with Gasteiger partial charge in [-0.15, -0.1) is 0 Å². The zero-order valence-corrected chi connectivity index (χ0v) is 12.4. The van der Waals surface area contributed by atoms with Crippen LogP contribution in [0.15, 0.2) is 18.5 Å². The maximum Gasteiger partial charge on any atom is 0.255 e. The molecule has 1 aliphatic rings. The first-order valence-electron chi connectivity index (χ1n) is 7.30. The lowest BCUT2D eigenvalue weighted by Gasteiger charge is -2.15. The van der Waals surface area contributed by atoms with Crippen LogP contribution >= 0.6 is 0 Å². The topological polar surface area (TPSA) is 48.5 Å². The monoisotopic (exact) mass is 276 g/mol. The summed E-state index contributed by atoms with van der Waals surface area (Å²) in [6, 6.07) is 1.91. The molecule has 0 unspecified atom stereocenters. The van der Waals surface area contributed by atoms with Gasteiger partial charge in [-0.2, -0.15) is 0 Å². The summed E-state index contributed by atoms with van der Waals surface area (Å²) in [6.07, 6.45) is 6.72. The Morgan fingerprint density at radius 2 is 2.10 bits per heavy atom. The molecule has 1 aliphatic heterocycles. The number of aromatic nitrogens is 1. The Balaban J connectivity index is 1.88. The molecule has 1 N–H and O–H groups in total. The number of nitrogens with one attached hydrogen (secondary N) is 1. The first kappa shape index (κ1) is 14.8. The highest BCUT2D eigenvalue weighted by molar-refractivity contribution is 5.94. The lowest BCUT2D eigenvalue weighted by atomic mass is 10.2. The summed E-state index contributed by atoms with van der Waals surface area (Å²) < 4.78 is 0. The number of hydrogen-bond acceptors (Lipinski definition) is 4. The van der Waals surface area contributed by atoms with Gasteiger partial charge < -0.3 is 15.1 Å². The molecule has 110 valence electrons. The first-order valence-corrected chi connectivity index (χ1v) is 7.30. The summed E-state index contributed by atoms with van der Waals surface area (Å²) >= 11 is 0. The van der Waals surface area contributed by atoms with E-state index in [9.17, 15) is 4.79 Å². The fourth-order valence-corrected chi connectivity index (χ4v) is 2.38. The van der Waals surface area contributed by atoms with Crippen molar-refractivity contribution in [2.45, 2.75) is 19.3 Å². The molecule has 0 bridgehead atoms. The summed E-state index contributed by atoms with van der Waals surface area (Å²) in [5.41, 5.74) is 1.61. The van der Waals surface area contributed by atoms with Crippen molar-refractivity contribution in [2.24, 2.45) is 0 Å². The van der Waals surface area contributed by atoms with Gasteiger partial charge in [0, 0.05) is 32.0 Å². The largest absolute Gasteiger partial charge is 0.384 e. The van der Waals surface area contributed by atoms with Crippen molar-refractivity contribution in [1.82, 2.24) is 14.8 Å². The van der Waals surface area contributed by atoms with Crippen molar-refractivity contribution in [3.8, 4) is 0 Å². The number of amides is 1. The fourth-order valence-electron chi connectivity index (χ4n) is 2.38. The third kappa shape index (κ3) is 4.20. The van der Waals surface area contributed by atoms with Gasteiger partial charge in [-0.1, -0.05) is 0 Å². The molecule has 1 amide bonds. The van der Waals surface area contributed by atoms with Crippen LogP contribution in [-0.4, -0.2) is 61.0 Å². The van der Waals surface area contributed by atoms with Crippen LogP contribution in [0.3, 0.4) is 0 Å². The molecule has 1 fully saturated rings. The Bertz CT molecular complexity index is 441. The predicted octanol–water partition coefficient (Wildman–Crippen LogP) is 1.68. The Hall–Kier alpha value is -1.62. The normalized spacial score (nSPS) is 14.8. The fraction of sp³-hybridized carbons (Fsp3) is 0.600. The van der Waals surface area contributed by atoms with Gasteiger partial charge in [-0.3, -0.25) is 9.78 Å². The van der Waals surface area contributed by atoms with E-state index in [0.717, 1.165) is 51.1 Å². The zero-order chi connectivity index (χ0) is 14.4. The smallest absolute Gasteiger partial charge is 0.255 e. The number of likely N-dealkylation sites (tertiary alicyclic amines) is 1. The maximum atomic E-state index is 12.3. The van der Waals surface area contributed by atoms with Crippen molar-refractivity contribution in [3.63, 3.8) is 0 Å². The number of carbonyl (C=O) groups is 1. The minimum atomic E-state index is 0.104. The summed E-state index contributed by atoms with van der Waals surface area (Å²) in [5.74, 6) is 0.104. The minimum Gasteiger partial charge on any atom is -0.384 e. The van der Waals surface area contributed by atoms with E-state index in [0.29, 0.717) is 5.56 Å². The van der Waals surface area contributed by atoms with E-state index in [1.807, 2.05) is 11.0 Å². The summed E-state index contributed by atoms with van der Waals surface area (Å²) in [6.45, 7) is 3.69. The van der Waals surface area contributed by atoms with Gasteiger partial charge in [0.1, 0.15) is 0 Å². The van der Waals surface area contributed by atoms with Gasteiger partial charge >= 0.3 is 0 Å². The van der Waals surface area contributed by atoms with Crippen molar-refractivity contribution in [1.29, 1.82) is 0 Å². The van der Waals surface area contributed by atoms with E-state index in [-0.39, 0.29) is 5.91 Å². The number of rotatable bonds is 6. The standard InChI is InChI=1S/C15H24N4O/c1-18(2)7-5-6-17-14-10-13(11-16-12-14)15(20)19-8-3-4-9-19/h10-12,17H,3-9H2,1-2H3. The van der Waals surface area contributed by atoms with Crippen LogP contribution in [0.5, 0.6) is 0 Å². The van der Waals surface area contributed by atoms with E-state index in [1.54, 1.807) is 12.4 Å². The Labute approximate surface area is 121 Å². The third-order valence-corrected chi connectivity index (χ3v) is 3.49. The number of anilines is 1. The Kier molecular flexibility index (Phi) is 5.35. The maximum absolute atomic E-state index is 12.3. The summed E-state index contributed by atoms with van der Waals surface area (Å²) in [7, 11) is 4.13. The molecule has 0 aliphatic carbocycles. The lowest BCUT2D eigenvalue weighted by molar-refractivity contribution is 0.0792. The number of nitrogens with zero attached hydrogens (tertiary/aromatic N) is 3. The Morgan fingerprint density at radius 1 is 1.35 bits per heavy atom. The highest BCUT2D eigenvalue weighted by Crippen LogP contribution is 2.15. The average molecular weight is 276 g/mol. The van der Waals surface area contributed by atoms with Gasteiger partial charge in [0.05, 0.1) is 11.3 Å². The minimum absolute atomic E-state index is 0.104. The molecule has 20 heavy (non-hydrogen) atoms. The number of carbonyl (C=O) groups excluding carboxylic acids is 1. The van der Waals surface area contributed by atoms with Crippen LogP contribution in [0, 0.1) is 0 Å². The highest BCUT2D eigenvalue weighted by atomic mass is 16.2. The van der Waals surface area contributed by atoms with Gasteiger partial charge in [0.15, 0.2) is 0 Å². The van der Waals surface area contributed by atoms with E-state index in [4.69, 9.17) is 0 Å². The zero-order valence-electron chi connectivity index (χ0n) is 12.4. The second-order valence-corrected chi connectivity index (χ2v) is 5.55. The van der Waals surface area contributed by atoms with Crippen molar-refractivity contribution < 1.29 is 4.79 Å². The van der Waals surface area contributed by atoms with Crippen LogP contribution < -0.4 is 5.32 Å². The van der Waals surface area contributed by atoms with E-state index in [1.165, 1.54) is 0 Å². The molecule has 0 radical (unpaired) electrons. The molecule has 1 saturated heterocycles. The van der Waals surface area contributed by atoms with E-state index < -0.39 is 0 Å². The van der Waals surface area contributed by atoms with E-state index in [2.05, 4.69) is 29.3 Å². The molecule has 1 aromatic heterocycles. The molecule has 5 heteroatoms. The van der Waals surface area contributed by atoms with Crippen molar-refractivity contribution >= 4 is 11.6 Å². The molecule has 1 aromatic rings. The van der Waals surface area contributed by atoms with Crippen LogP contribution in [-0.2, 0) is 0 Å². The third-order valence-electron chi connectivity index (χ3n) is 3.49. The first-order chi connectivity index (χ1) is 9.66. The lowest BCUT2D eigenvalue weighted by Crippen LogP contribution is -2.27. The molecule has 0 spiro atoms. The van der Waals surface area contributed by atoms with Gasteiger partial charge in [0.25, 0.3) is 5.91 Å². The predicted molar refractivity (Wildman–Crippen MR) is 81.0 cm³/mol. The van der Waals surface area contributed by atoms with Crippen LogP contribution in [0.1, 0.15) is 29.6 Å². The number of pyridine rings is 1. The summed E-state index contributed by atoms with van der Waals surface area (Å²) in [4.78, 5) is 20.5. The van der Waals surface area contributed by atoms with Gasteiger partial charge in [-0.25, -0.2) is 0 Å². The molecular formula is C15H24N4O. The quantitative estimate of drug-likeness (QED) is 0.803. The molecule has 5 nitrogen and oxygen atoms in total. The highest BCUT2D eigenvalue weighted by Gasteiger charge is 2.19. The average Bonchev–Trinajstić information content (AvgIpc) is 2.97. The van der Waals surface area contributed by atoms with Gasteiger partial charge in [-0.05, 0) is 46.0 Å². The molecule has 2 heterocycles. The van der Waals surface area contributed by atoms with Crippen molar-refractivity contribution in [2.75, 3.05) is 45.6 Å². The van der Waals surface area contributed by atoms with E-state index >= 15 is 0 Å². The van der Waals surface area contributed by atoms with Crippen LogP contribution in [0.2, 0.25) is 0 Å².